The van der Waals surface area contributed by atoms with Gasteiger partial charge in [0.25, 0.3) is 20.2 Å². The van der Waals surface area contributed by atoms with E-state index in [9.17, 15) is 16.8 Å². The Bertz CT molecular complexity index is 2050. The molecule has 0 amide bonds. The molecule has 1 saturated heterocycles. The molecule has 0 saturated carbocycles. The van der Waals surface area contributed by atoms with Gasteiger partial charge in [0, 0.05) is 24.2 Å². The number of anilines is 2. The predicted molar refractivity (Wildman–Crippen MR) is 197 cm³/mol. The molecule has 2 aromatic heterocycles. The van der Waals surface area contributed by atoms with Crippen LogP contribution in [0.4, 0.5) is 11.4 Å². The molecule has 0 atom stereocenters. The average molecular weight is 775 g/mol. The zero-order valence-electron chi connectivity index (χ0n) is 30.6. The van der Waals surface area contributed by atoms with Gasteiger partial charge in [-0.3, -0.25) is 9.97 Å². The fraction of sp³-hybridized carbons (Fsp3) is 0.371. The molecule has 1 fully saturated rings. The Morgan fingerprint density at radius 1 is 0.585 bits per heavy atom. The summed E-state index contributed by atoms with van der Waals surface area (Å²) < 4.78 is 95.5. The van der Waals surface area contributed by atoms with Crippen molar-refractivity contribution in [3.05, 3.63) is 60.9 Å². The van der Waals surface area contributed by atoms with E-state index in [1.54, 1.807) is 59.6 Å². The molecular weight excluding hydrogens is 733 g/mol. The van der Waals surface area contributed by atoms with Gasteiger partial charge in [-0.05, 0) is 55.0 Å². The first kappa shape index (κ1) is 39.2. The van der Waals surface area contributed by atoms with Gasteiger partial charge in [0.2, 0.25) is 11.5 Å². The third kappa shape index (κ3) is 8.78. The van der Waals surface area contributed by atoms with Crippen LogP contribution in [-0.4, -0.2) is 108 Å². The van der Waals surface area contributed by atoms with Crippen LogP contribution < -0.4 is 38.2 Å². The zero-order valence-corrected chi connectivity index (χ0v) is 32.2. The molecule has 0 unspecified atom stereocenters. The van der Waals surface area contributed by atoms with Gasteiger partial charge in [-0.25, -0.2) is 8.37 Å². The monoisotopic (exact) mass is 774 g/mol. The summed E-state index contributed by atoms with van der Waals surface area (Å²) >= 11 is 0. The maximum Gasteiger partial charge on any atom is 0.300 e. The van der Waals surface area contributed by atoms with Crippen molar-refractivity contribution in [3.63, 3.8) is 0 Å². The van der Waals surface area contributed by atoms with Gasteiger partial charge in [-0.2, -0.15) is 16.8 Å². The molecule has 5 rings (SSSR count). The second-order valence-electron chi connectivity index (χ2n) is 11.8. The molecule has 1 aliphatic rings. The van der Waals surface area contributed by atoms with Crippen LogP contribution in [0.1, 0.15) is 6.42 Å². The van der Waals surface area contributed by atoms with Crippen LogP contribution in [0.25, 0.3) is 22.5 Å². The number of pyridine rings is 2. The summed E-state index contributed by atoms with van der Waals surface area (Å²) in [6, 6.07) is 13.9. The fourth-order valence-electron chi connectivity index (χ4n) is 6.09. The molecule has 0 aliphatic carbocycles. The molecule has 3 heterocycles. The number of methoxy groups -OCH3 is 6. The van der Waals surface area contributed by atoms with Crippen molar-refractivity contribution in [2.45, 2.75) is 12.3 Å². The van der Waals surface area contributed by atoms with Gasteiger partial charge >= 0.3 is 5.91 Å². The van der Waals surface area contributed by atoms with Crippen molar-refractivity contribution in [3.8, 4) is 57.0 Å². The van der Waals surface area contributed by atoms with Crippen molar-refractivity contribution in [1.82, 2.24) is 9.97 Å². The average Bonchev–Trinajstić information content (AvgIpc) is 3.30. The lowest BCUT2D eigenvalue weighted by molar-refractivity contribution is -0.0943. The zero-order chi connectivity index (χ0) is 38.6. The molecule has 2 aromatic carbocycles. The van der Waals surface area contributed by atoms with Gasteiger partial charge in [-0.15, -0.1) is 0 Å². The number of nitrogens with zero attached hydrogens (tertiary/aromatic N) is 4. The summed E-state index contributed by atoms with van der Waals surface area (Å²) in [7, 11) is 0.419. The molecule has 53 heavy (non-hydrogen) atoms. The van der Waals surface area contributed by atoms with Gasteiger partial charge < -0.3 is 38.2 Å². The van der Waals surface area contributed by atoms with E-state index in [0.717, 1.165) is 12.5 Å². The van der Waals surface area contributed by atoms with Crippen LogP contribution in [0.5, 0.6) is 34.5 Å². The molecule has 0 radical (unpaired) electrons. The van der Waals surface area contributed by atoms with Crippen molar-refractivity contribution in [1.29, 1.82) is 0 Å². The quantitative estimate of drug-likeness (QED) is 0.132. The molecule has 0 spiro atoms. The highest BCUT2D eigenvalue weighted by Crippen LogP contribution is 2.43. The van der Waals surface area contributed by atoms with E-state index in [1.165, 1.54) is 53.8 Å². The highest BCUT2D eigenvalue weighted by molar-refractivity contribution is 7.86. The van der Waals surface area contributed by atoms with E-state index in [4.69, 9.17) is 36.8 Å². The van der Waals surface area contributed by atoms with Gasteiger partial charge in [-0.1, -0.05) is 0 Å². The van der Waals surface area contributed by atoms with Crippen molar-refractivity contribution >= 4 is 31.6 Å². The normalized spacial score (nSPS) is 14.6. The van der Waals surface area contributed by atoms with Crippen molar-refractivity contribution < 1.29 is 53.6 Å². The lowest BCUT2D eigenvalue weighted by Gasteiger charge is -2.42. The van der Waals surface area contributed by atoms with E-state index < -0.39 is 26.1 Å². The minimum Gasteiger partial charge on any atom is -0.493 e. The molecule has 286 valence electrons. The van der Waals surface area contributed by atoms with Gasteiger partial charge in [0.05, 0.1) is 96.9 Å². The highest BCUT2D eigenvalue weighted by atomic mass is 32.2. The molecule has 16 nitrogen and oxygen atoms in total. The Labute approximate surface area is 309 Å². The highest BCUT2D eigenvalue weighted by Gasteiger charge is 2.49. The maximum atomic E-state index is 12.9. The van der Waals surface area contributed by atoms with Gasteiger partial charge in [0.15, 0.2) is 23.0 Å². The van der Waals surface area contributed by atoms with Crippen LogP contribution in [-0.2, 0) is 28.6 Å². The van der Waals surface area contributed by atoms with E-state index >= 15 is 0 Å². The summed E-state index contributed by atoms with van der Waals surface area (Å²) in [4.78, 5) is 12.5. The number of hydrogen-bond acceptors (Lipinski definition) is 16. The second-order valence-corrected chi connectivity index (χ2v) is 15.0. The fourth-order valence-corrected chi connectivity index (χ4v) is 7.43. The second kappa shape index (κ2) is 15.9. The van der Waals surface area contributed by atoms with E-state index in [1.807, 2.05) is 0 Å². The summed E-state index contributed by atoms with van der Waals surface area (Å²) in [5, 5.41) is 0. The Kier molecular flexibility index (Phi) is 11.8. The van der Waals surface area contributed by atoms with E-state index in [0.29, 0.717) is 81.4 Å². The minimum absolute atomic E-state index is 0.129. The van der Waals surface area contributed by atoms with Crippen molar-refractivity contribution in [2.24, 2.45) is 0 Å². The van der Waals surface area contributed by atoms with Crippen LogP contribution in [0, 0.1) is 0 Å². The molecule has 0 bridgehead atoms. The number of aromatic nitrogens is 2. The molecule has 18 heteroatoms. The lowest BCUT2D eigenvalue weighted by atomic mass is 10.1. The van der Waals surface area contributed by atoms with Crippen LogP contribution in [0.2, 0.25) is 0 Å². The molecule has 4 aromatic rings. The predicted octanol–water partition coefficient (Wildman–Crippen LogP) is 4.19. The number of ether oxygens (including phenoxy) is 6. The summed E-state index contributed by atoms with van der Waals surface area (Å²) in [5.74, 6) is 0.225. The Balaban J connectivity index is 1.54. The first-order valence-electron chi connectivity index (χ1n) is 16.0. The third-order valence-electron chi connectivity index (χ3n) is 8.27. The van der Waals surface area contributed by atoms with Gasteiger partial charge in [0.1, 0.15) is 0 Å². The van der Waals surface area contributed by atoms with E-state index in [2.05, 4.69) is 9.97 Å². The lowest BCUT2D eigenvalue weighted by Crippen LogP contribution is -2.60. The standard InChI is InChI=1S/C35H42N4O12S2/c1-44-29-16-23(17-30(45-2)33(29)48-5)27-12-10-25(20-36-27)38-14-9-15-39(35(22-38,50-52(7,40)41)51-53(8,42)43)26-11-13-28(37-21-26)24-18-31(46-3)34(49-6)32(19-24)47-4/h10-13,16-21H,9,14-15,22H2,1-8H3. The SMILES string of the molecule is COc1cc(-c2ccc(N3CCCN(c4ccc(-c5cc(OC)c(OC)c(OC)c5)nc4)C(OS(C)(=O)=O)(OS(C)(=O)=O)C3)cn2)cc(OC)c1OC. The summed E-state index contributed by atoms with van der Waals surface area (Å²) in [6.07, 6.45) is 5.16. The van der Waals surface area contributed by atoms with Crippen molar-refractivity contribution in [2.75, 3.05) is 84.6 Å². The summed E-state index contributed by atoms with van der Waals surface area (Å²) in [6.45, 7) is 0.136. The largest absolute Gasteiger partial charge is 0.493 e. The maximum absolute atomic E-state index is 12.9. The number of hydrogen-bond donors (Lipinski definition) is 0. The minimum atomic E-state index is -4.32. The smallest absolute Gasteiger partial charge is 0.300 e. The molecule has 1 aliphatic heterocycles. The van der Waals surface area contributed by atoms with Crippen LogP contribution in [0.15, 0.2) is 60.9 Å². The third-order valence-corrected chi connectivity index (χ3v) is 9.39. The first-order chi connectivity index (χ1) is 25.2. The number of benzene rings is 2. The first-order valence-corrected chi connectivity index (χ1v) is 19.7. The van der Waals surface area contributed by atoms with Crippen LogP contribution in [0.3, 0.4) is 0 Å². The van der Waals surface area contributed by atoms with Crippen LogP contribution >= 0.6 is 0 Å². The Hall–Kier alpha value is -5.04. The number of rotatable bonds is 14. The summed E-state index contributed by atoms with van der Waals surface area (Å²) in [5.41, 5.74) is 3.31. The van der Waals surface area contributed by atoms with E-state index in [-0.39, 0.29) is 13.1 Å². The molecule has 0 N–H and O–H groups in total. The molecular formula is C35H42N4O12S2. The Morgan fingerprint density at radius 2 is 1.00 bits per heavy atom. The Morgan fingerprint density at radius 3 is 1.34 bits per heavy atom. The topological polar surface area (TPSA) is 174 Å².